The van der Waals surface area contributed by atoms with Crippen molar-refractivity contribution in [1.82, 2.24) is 19.5 Å². The molecule has 9 nitrogen and oxygen atoms in total. The van der Waals surface area contributed by atoms with Gasteiger partial charge in [-0.25, -0.2) is 4.98 Å². The first-order chi connectivity index (χ1) is 16.2. The number of methoxy groups -OCH3 is 2. The molecule has 0 radical (unpaired) electrons. The topological polar surface area (TPSA) is 86.6 Å². The van der Waals surface area contributed by atoms with E-state index in [0.717, 1.165) is 42.3 Å². The van der Waals surface area contributed by atoms with Gasteiger partial charge in [-0.2, -0.15) is 9.97 Å². The van der Waals surface area contributed by atoms with Crippen molar-refractivity contribution in [2.75, 3.05) is 38.1 Å². The third-order valence-corrected chi connectivity index (χ3v) is 5.84. The summed E-state index contributed by atoms with van der Waals surface area (Å²) in [5.41, 5.74) is 2.10. The number of anilines is 2. The average molecular weight is 489 g/mol. The molecule has 1 aliphatic heterocycles. The quantitative estimate of drug-likeness (QED) is 0.463. The predicted molar refractivity (Wildman–Crippen MR) is 134 cm³/mol. The molecular weight excluding hydrogens is 456 g/mol. The highest BCUT2D eigenvalue weighted by atomic mass is 35.5. The first kappa shape index (κ1) is 24.3. The Labute approximate surface area is 205 Å². The number of hydrogen-bond donors (Lipinski definition) is 1. The zero-order chi connectivity index (χ0) is 24.5. The van der Waals surface area contributed by atoms with Gasteiger partial charge in [0.25, 0.3) is 0 Å². The second-order valence-electron chi connectivity index (χ2n) is 9.53. The second-order valence-corrected chi connectivity index (χ2v) is 9.86. The van der Waals surface area contributed by atoms with Crippen LogP contribution in [0.3, 0.4) is 0 Å². The van der Waals surface area contributed by atoms with Gasteiger partial charge in [-0.15, -0.1) is 0 Å². The molecule has 2 aromatic heterocycles. The van der Waals surface area contributed by atoms with Crippen LogP contribution in [-0.2, 0) is 11.3 Å². The van der Waals surface area contributed by atoms with Crippen molar-refractivity contribution in [3.63, 3.8) is 0 Å². The SMILES string of the molecule is COc1ccc(CN(C)c2nc3c(NC(C)(C)C)nc(Cl)nc3n2C2CCCCO2)c(OC)c1. The van der Waals surface area contributed by atoms with E-state index in [4.69, 9.17) is 30.8 Å². The summed E-state index contributed by atoms with van der Waals surface area (Å²) in [7, 11) is 5.30. The number of imidazole rings is 1. The molecule has 0 aliphatic carbocycles. The van der Waals surface area contributed by atoms with Crippen molar-refractivity contribution in [3.05, 3.63) is 29.0 Å². The number of aromatic nitrogens is 4. The number of halogens is 1. The molecule has 3 aromatic rings. The van der Waals surface area contributed by atoms with Crippen LogP contribution in [0.25, 0.3) is 11.2 Å². The van der Waals surface area contributed by atoms with E-state index in [1.807, 2.05) is 29.8 Å². The van der Waals surface area contributed by atoms with E-state index in [1.165, 1.54) is 0 Å². The maximum atomic E-state index is 6.36. The van der Waals surface area contributed by atoms with Crippen LogP contribution in [-0.4, -0.2) is 52.9 Å². The maximum absolute atomic E-state index is 6.36. The van der Waals surface area contributed by atoms with E-state index in [2.05, 4.69) is 41.0 Å². The van der Waals surface area contributed by atoms with Gasteiger partial charge in [-0.3, -0.25) is 4.57 Å². The number of fused-ring (bicyclic) bond motifs is 1. The van der Waals surface area contributed by atoms with E-state index in [-0.39, 0.29) is 17.1 Å². The normalized spacial score (nSPS) is 16.5. The molecular formula is C24H33ClN6O3. The van der Waals surface area contributed by atoms with Crippen molar-refractivity contribution in [2.45, 2.75) is 58.3 Å². The Balaban J connectivity index is 1.81. The van der Waals surface area contributed by atoms with Gasteiger partial charge >= 0.3 is 0 Å². The molecule has 1 atom stereocenters. The number of benzene rings is 1. The number of ether oxygens (including phenoxy) is 3. The average Bonchev–Trinajstić information content (AvgIpc) is 3.18. The Morgan fingerprint density at radius 2 is 1.97 bits per heavy atom. The molecule has 34 heavy (non-hydrogen) atoms. The van der Waals surface area contributed by atoms with Crippen LogP contribution in [0.5, 0.6) is 11.5 Å². The minimum absolute atomic E-state index is 0.169. The Kier molecular flexibility index (Phi) is 7.04. The van der Waals surface area contributed by atoms with Crippen molar-refractivity contribution in [1.29, 1.82) is 0 Å². The van der Waals surface area contributed by atoms with Gasteiger partial charge < -0.3 is 24.4 Å². The first-order valence-electron chi connectivity index (χ1n) is 11.5. The van der Waals surface area contributed by atoms with Crippen LogP contribution in [0.4, 0.5) is 11.8 Å². The molecule has 184 valence electrons. The Morgan fingerprint density at radius 1 is 1.18 bits per heavy atom. The summed E-state index contributed by atoms with van der Waals surface area (Å²) >= 11 is 6.36. The zero-order valence-electron chi connectivity index (χ0n) is 20.7. The summed E-state index contributed by atoms with van der Waals surface area (Å²) < 4.78 is 19.2. The van der Waals surface area contributed by atoms with E-state index < -0.39 is 0 Å². The van der Waals surface area contributed by atoms with Crippen LogP contribution >= 0.6 is 11.6 Å². The second kappa shape index (κ2) is 9.84. The van der Waals surface area contributed by atoms with Crippen LogP contribution in [0.15, 0.2) is 18.2 Å². The molecule has 1 aliphatic rings. The lowest BCUT2D eigenvalue weighted by Gasteiger charge is -2.28. The molecule has 1 aromatic carbocycles. The van der Waals surface area contributed by atoms with Gasteiger partial charge in [0, 0.05) is 37.4 Å². The van der Waals surface area contributed by atoms with Crippen LogP contribution in [0.2, 0.25) is 5.28 Å². The smallest absolute Gasteiger partial charge is 0.226 e. The Morgan fingerprint density at radius 3 is 2.62 bits per heavy atom. The minimum atomic E-state index is -0.224. The minimum Gasteiger partial charge on any atom is -0.497 e. The molecule has 0 saturated carbocycles. The summed E-state index contributed by atoms with van der Waals surface area (Å²) in [4.78, 5) is 16.1. The molecule has 1 N–H and O–H groups in total. The lowest BCUT2D eigenvalue weighted by atomic mass is 10.1. The molecule has 3 heterocycles. The van der Waals surface area contributed by atoms with E-state index >= 15 is 0 Å². The van der Waals surface area contributed by atoms with Gasteiger partial charge in [-0.05, 0) is 63.8 Å². The van der Waals surface area contributed by atoms with Gasteiger partial charge in [-0.1, -0.05) is 0 Å². The van der Waals surface area contributed by atoms with Crippen LogP contribution in [0, 0.1) is 0 Å². The third kappa shape index (κ3) is 5.15. The predicted octanol–water partition coefficient (Wildman–Crippen LogP) is 5.04. The first-order valence-corrected chi connectivity index (χ1v) is 11.9. The highest BCUT2D eigenvalue weighted by Gasteiger charge is 2.28. The lowest BCUT2D eigenvalue weighted by Crippen LogP contribution is -2.27. The summed E-state index contributed by atoms with van der Waals surface area (Å²) in [6.07, 6.45) is 2.82. The largest absolute Gasteiger partial charge is 0.497 e. The van der Waals surface area contributed by atoms with Crippen molar-refractivity contribution < 1.29 is 14.2 Å². The molecule has 0 bridgehead atoms. The van der Waals surface area contributed by atoms with Crippen molar-refractivity contribution >= 4 is 34.5 Å². The van der Waals surface area contributed by atoms with Gasteiger partial charge in [0.15, 0.2) is 17.0 Å². The van der Waals surface area contributed by atoms with Crippen LogP contribution in [0.1, 0.15) is 51.8 Å². The highest BCUT2D eigenvalue weighted by molar-refractivity contribution is 6.28. The number of hydrogen-bond acceptors (Lipinski definition) is 8. The third-order valence-electron chi connectivity index (χ3n) is 5.67. The Hall–Kier alpha value is -2.78. The van der Waals surface area contributed by atoms with Gasteiger partial charge in [0.2, 0.25) is 11.2 Å². The lowest BCUT2D eigenvalue weighted by molar-refractivity contribution is -0.0289. The van der Waals surface area contributed by atoms with Crippen LogP contribution < -0.4 is 19.7 Å². The Bertz CT molecular complexity index is 1150. The highest BCUT2D eigenvalue weighted by Crippen LogP contribution is 2.36. The van der Waals surface area contributed by atoms with Gasteiger partial charge in [0.1, 0.15) is 17.7 Å². The number of rotatable bonds is 7. The van der Waals surface area contributed by atoms with E-state index in [1.54, 1.807) is 14.2 Å². The standard InChI is InChI=1S/C24H33ClN6O3/c1-24(2,3)29-20-19-21(28-22(25)27-20)31(18-9-7-8-12-34-18)23(26-19)30(4)14-15-10-11-16(32-5)13-17(15)33-6/h10-11,13,18H,7-9,12,14H2,1-6H3,(H,27,28,29). The van der Waals surface area contributed by atoms with E-state index in [0.29, 0.717) is 30.1 Å². The molecule has 1 fully saturated rings. The monoisotopic (exact) mass is 488 g/mol. The molecule has 0 amide bonds. The molecule has 10 heteroatoms. The van der Waals surface area contributed by atoms with Gasteiger partial charge in [0.05, 0.1) is 14.2 Å². The molecule has 1 unspecified atom stereocenters. The van der Waals surface area contributed by atoms with Crippen molar-refractivity contribution in [2.24, 2.45) is 0 Å². The summed E-state index contributed by atoms with van der Waals surface area (Å²) in [5, 5.41) is 3.59. The fourth-order valence-corrected chi connectivity index (χ4v) is 4.31. The van der Waals surface area contributed by atoms with Crippen molar-refractivity contribution in [3.8, 4) is 11.5 Å². The zero-order valence-corrected chi connectivity index (χ0v) is 21.4. The number of nitrogens with zero attached hydrogens (tertiary/aromatic N) is 5. The molecule has 1 saturated heterocycles. The fraction of sp³-hybridized carbons (Fsp3) is 0.542. The summed E-state index contributed by atoms with van der Waals surface area (Å²) in [6.45, 7) is 7.47. The summed E-state index contributed by atoms with van der Waals surface area (Å²) in [6, 6.07) is 5.81. The fourth-order valence-electron chi connectivity index (χ4n) is 4.15. The maximum Gasteiger partial charge on any atom is 0.226 e. The summed E-state index contributed by atoms with van der Waals surface area (Å²) in [5.74, 6) is 2.83. The van der Waals surface area contributed by atoms with E-state index in [9.17, 15) is 0 Å². The molecule has 0 spiro atoms. The molecule has 4 rings (SSSR count). The number of nitrogens with one attached hydrogen (secondary N) is 1.